The normalized spacial score (nSPS) is 26.5. The molecule has 2 aliphatic rings. The van der Waals surface area contributed by atoms with E-state index >= 15 is 0 Å². The maximum atomic E-state index is 13.0. The summed E-state index contributed by atoms with van der Waals surface area (Å²) in [4.78, 5) is 41.0. The summed E-state index contributed by atoms with van der Waals surface area (Å²) in [6.07, 6.45) is 5.26. The summed E-state index contributed by atoms with van der Waals surface area (Å²) >= 11 is 0. The lowest BCUT2D eigenvalue weighted by Gasteiger charge is -2.34. The molecule has 1 heterocycles. The Hall–Kier alpha value is -2.57. The highest BCUT2D eigenvalue weighted by atomic mass is 16.5. The van der Waals surface area contributed by atoms with Crippen molar-refractivity contribution in [1.29, 1.82) is 0 Å². The highest BCUT2D eigenvalue weighted by molar-refractivity contribution is 6.08. The smallest absolute Gasteiger partial charge is 0.325 e. The Morgan fingerprint density at radius 2 is 1.83 bits per heavy atom. The number of carbonyl (C=O) groups excluding carboxylic acids is 3. The average Bonchev–Trinajstić information content (AvgIpc) is 2.96. The van der Waals surface area contributed by atoms with E-state index in [9.17, 15) is 14.4 Å². The van der Waals surface area contributed by atoms with Crippen molar-refractivity contribution in [2.45, 2.75) is 64.0 Å². The molecule has 1 aromatic rings. The van der Waals surface area contributed by atoms with Crippen LogP contribution in [0, 0.1) is 5.92 Å². The molecular formula is C23H33N3O4. The molecule has 0 aromatic heterocycles. The second kappa shape index (κ2) is 9.06. The number of nitrogens with zero attached hydrogens (tertiary/aromatic N) is 2. The van der Waals surface area contributed by atoms with Crippen molar-refractivity contribution in [3.8, 4) is 5.75 Å². The molecule has 1 saturated heterocycles. The van der Waals surface area contributed by atoms with Crippen LogP contribution in [0.4, 0.5) is 4.79 Å². The molecule has 1 aromatic carbocycles. The number of urea groups is 1. The summed E-state index contributed by atoms with van der Waals surface area (Å²) in [5, 5.41) is 2.79. The van der Waals surface area contributed by atoms with Crippen molar-refractivity contribution in [1.82, 2.24) is 15.1 Å². The van der Waals surface area contributed by atoms with Crippen LogP contribution < -0.4 is 10.1 Å². The topological polar surface area (TPSA) is 79.0 Å². The second-order valence-electron chi connectivity index (χ2n) is 8.92. The number of benzene rings is 1. The molecule has 0 spiro atoms. The number of ether oxygens (including phenoxy) is 1. The van der Waals surface area contributed by atoms with Crippen molar-refractivity contribution in [2.75, 3.05) is 20.7 Å². The molecule has 30 heavy (non-hydrogen) atoms. The third-order valence-electron chi connectivity index (χ3n) is 6.64. The lowest BCUT2D eigenvalue weighted by Crippen LogP contribution is -2.47. The molecule has 164 valence electrons. The highest BCUT2D eigenvalue weighted by Gasteiger charge is 2.48. The number of rotatable bonds is 7. The van der Waals surface area contributed by atoms with Crippen LogP contribution in [0.5, 0.6) is 5.75 Å². The molecule has 1 atom stereocenters. The van der Waals surface area contributed by atoms with Gasteiger partial charge in [0.25, 0.3) is 5.91 Å². The molecule has 0 radical (unpaired) electrons. The number of nitrogens with one attached hydrogen (secondary N) is 1. The number of methoxy groups -OCH3 is 1. The Labute approximate surface area is 178 Å². The Morgan fingerprint density at radius 1 is 1.20 bits per heavy atom. The van der Waals surface area contributed by atoms with Gasteiger partial charge in [-0.3, -0.25) is 14.5 Å². The first-order valence-electron chi connectivity index (χ1n) is 10.8. The summed E-state index contributed by atoms with van der Waals surface area (Å²) in [7, 11) is 3.40. The fourth-order valence-corrected chi connectivity index (χ4v) is 4.33. The van der Waals surface area contributed by atoms with E-state index < -0.39 is 11.6 Å². The van der Waals surface area contributed by atoms with E-state index in [4.69, 9.17) is 4.74 Å². The predicted molar refractivity (Wildman–Crippen MR) is 114 cm³/mol. The predicted octanol–water partition coefficient (Wildman–Crippen LogP) is 2.98. The van der Waals surface area contributed by atoms with Gasteiger partial charge in [-0.05, 0) is 69.1 Å². The van der Waals surface area contributed by atoms with Crippen molar-refractivity contribution in [3.05, 3.63) is 29.8 Å². The molecule has 3 rings (SSSR count). The molecule has 4 amide bonds. The van der Waals surface area contributed by atoms with Gasteiger partial charge in [0.15, 0.2) is 0 Å². The summed E-state index contributed by atoms with van der Waals surface area (Å²) in [5.41, 5.74) is 0.0516. The van der Waals surface area contributed by atoms with Crippen LogP contribution in [-0.4, -0.2) is 59.9 Å². The third kappa shape index (κ3) is 4.77. The van der Waals surface area contributed by atoms with Crippen molar-refractivity contribution in [2.24, 2.45) is 5.92 Å². The van der Waals surface area contributed by atoms with Gasteiger partial charge in [0.1, 0.15) is 17.8 Å². The monoisotopic (exact) mass is 415 g/mol. The van der Waals surface area contributed by atoms with Gasteiger partial charge in [0.05, 0.1) is 7.11 Å². The van der Waals surface area contributed by atoms with Crippen LogP contribution in [0.15, 0.2) is 24.3 Å². The van der Waals surface area contributed by atoms with Gasteiger partial charge >= 0.3 is 6.03 Å². The lowest BCUT2D eigenvalue weighted by atomic mass is 9.87. The Morgan fingerprint density at radius 3 is 2.43 bits per heavy atom. The van der Waals surface area contributed by atoms with Crippen molar-refractivity contribution >= 4 is 17.8 Å². The summed E-state index contributed by atoms with van der Waals surface area (Å²) in [6.45, 7) is 3.76. The zero-order valence-corrected chi connectivity index (χ0v) is 18.4. The number of likely N-dealkylation sites (N-methyl/N-ethyl adjacent to an activating group) is 1. The van der Waals surface area contributed by atoms with E-state index in [-0.39, 0.29) is 24.4 Å². The van der Waals surface area contributed by atoms with E-state index in [0.717, 1.165) is 41.9 Å². The molecule has 1 N–H and O–H groups in total. The Bertz CT molecular complexity index is 786. The third-order valence-corrected chi connectivity index (χ3v) is 6.64. The van der Waals surface area contributed by atoms with Gasteiger partial charge in [-0.1, -0.05) is 19.1 Å². The molecular weight excluding hydrogens is 382 g/mol. The van der Waals surface area contributed by atoms with Crippen LogP contribution in [-0.2, 0) is 16.0 Å². The second-order valence-corrected chi connectivity index (χ2v) is 8.92. The summed E-state index contributed by atoms with van der Waals surface area (Å²) < 4.78 is 5.16. The first-order valence-corrected chi connectivity index (χ1v) is 10.8. The average molecular weight is 416 g/mol. The molecule has 7 heteroatoms. The first-order chi connectivity index (χ1) is 14.2. The van der Waals surface area contributed by atoms with E-state index in [2.05, 4.69) is 12.2 Å². The fourth-order valence-electron chi connectivity index (χ4n) is 4.33. The van der Waals surface area contributed by atoms with Crippen LogP contribution in [0.3, 0.4) is 0 Å². The van der Waals surface area contributed by atoms with Gasteiger partial charge in [-0.15, -0.1) is 0 Å². The summed E-state index contributed by atoms with van der Waals surface area (Å²) in [6, 6.07) is 7.35. The lowest BCUT2D eigenvalue weighted by molar-refractivity contribution is -0.139. The number of hydrogen-bond donors (Lipinski definition) is 1. The highest BCUT2D eigenvalue weighted by Crippen LogP contribution is 2.27. The van der Waals surface area contributed by atoms with Gasteiger partial charge < -0.3 is 15.0 Å². The van der Waals surface area contributed by atoms with Gasteiger partial charge in [0, 0.05) is 13.1 Å². The molecule has 2 fully saturated rings. The van der Waals surface area contributed by atoms with Gasteiger partial charge in [0.2, 0.25) is 5.91 Å². The number of carbonyl (C=O) groups is 3. The number of hydrogen-bond acceptors (Lipinski definition) is 4. The molecule has 0 unspecified atom stereocenters. The minimum atomic E-state index is -1.00. The van der Waals surface area contributed by atoms with E-state index in [0.29, 0.717) is 18.8 Å². The molecule has 0 bridgehead atoms. The quantitative estimate of drug-likeness (QED) is 0.695. The molecule has 1 aliphatic carbocycles. The zero-order valence-electron chi connectivity index (χ0n) is 18.4. The van der Waals surface area contributed by atoms with Gasteiger partial charge in [-0.25, -0.2) is 4.79 Å². The van der Waals surface area contributed by atoms with E-state index in [1.54, 1.807) is 26.0 Å². The van der Waals surface area contributed by atoms with Crippen LogP contribution in [0.1, 0.15) is 51.5 Å². The zero-order chi connectivity index (χ0) is 21.9. The van der Waals surface area contributed by atoms with E-state index in [1.165, 1.54) is 0 Å². The van der Waals surface area contributed by atoms with Crippen LogP contribution in [0.25, 0.3) is 0 Å². The SMILES string of the molecule is COc1ccc(CC[C@]2(C)NC(=O)N(CC(=O)N(C)C3CCC(C)CC3)C2=O)cc1. The maximum absolute atomic E-state index is 13.0. The van der Waals surface area contributed by atoms with Crippen LogP contribution >= 0.6 is 0 Å². The molecule has 7 nitrogen and oxygen atoms in total. The molecule has 1 aliphatic heterocycles. The fraction of sp³-hybridized carbons (Fsp3) is 0.609. The summed E-state index contributed by atoms with van der Waals surface area (Å²) in [5.74, 6) is 0.955. The first kappa shape index (κ1) is 22.1. The minimum absolute atomic E-state index is 0.183. The molecule has 1 saturated carbocycles. The van der Waals surface area contributed by atoms with Crippen LogP contribution in [0.2, 0.25) is 0 Å². The van der Waals surface area contributed by atoms with Crippen molar-refractivity contribution < 1.29 is 19.1 Å². The Kier molecular flexibility index (Phi) is 6.68. The van der Waals surface area contributed by atoms with Gasteiger partial charge in [-0.2, -0.15) is 0 Å². The Balaban J connectivity index is 1.58. The number of imide groups is 1. The van der Waals surface area contributed by atoms with E-state index in [1.807, 2.05) is 24.3 Å². The number of amides is 4. The standard InChI is InChI=1S/C23H33N3O4/c1-16-5-9-18(10-6-16)25(3)20(27)15-26-21(28)23(2,24-22(26)29)14-13-17-7-11-19(30-4)12-8-17/h7-8,11-12,16,18H,5-6,9-10,13-15H2,1-4H3,(H,24,29)/t16?,18?,23-/m0/s1. The minimum Gasteiger partial charge on any atom is -0.497 e. The number of aryl methyl sites for hydroxylation is 1. The largest absolute Gasteiger partial charge is 0.497 e. The maximum Gasteiger partial charge on any atom is 0.325 e. The van der Waals surface area contributed by atoms with Crippen molar-refractivity contribution in [3.63, 3.8) is 0 Å².